The molecule has 35 heavy (non-hydrogen) atoms. The van der Waals surface area contributed by atoms with Crippen LogP contribution in [0.5, 0.6) is 5.75 Å². The van der Waals surface area contributed by atoms with Gasteiger partial charge in [-0.1, -0.05) is 44.2 Å². The van der Waals surface area contributed by atoms with E-state index >= 15 is 0 Å². The van der Waals surface area contributed by atoms with Crippen LogP contribution in [0.4, 0.5) is 4.79 Å². The van der Waals surface area contributed by atoms with Crippen LogP contribution in [0.2, 0.25) is 0 Å². The van der Waals surface area contributed by atoms with Gasteiger partial charge in [0.05, 0.1) is 20.2 Å². The molecule has 2 saturated heterocycles. The van der Waals surface area contributed by atoms with Gasteiger partial charge < -0.3 is 14.1 Å². The molecule has 5 rings (SSSR count). The maximum absolute atomic E-state index is 13.8. The monoisotopic (exact) mass is 475 g/mol. The number of likely N-dealkylation sites (tertiary alicyclic amines) is 1. The molecule has 1 aromatic heterocycles. The van der Waals surface area contributed by atoms with Gasteiger partial charge >= 0.3 is 6.03 Å². The molecule has 2 aromatic carbocycles. The summed E-state index contributed by atoms with van der Waals surface area (Å²) in [5, 5.41) is 1.10. The second-order valence-electron chi connectivity index (χ2n) is 10.1. The maximum atomic E-state index is 13.8. The highest BCUT2D eigenvalue weighted by Gasteiger charge is 2.57. The average Bonchev–Trinajstić information content (AvgIpc) is 3.35. The van der Waals surface area contributed by atoms with Crippen LogP contribution < -0.4 is 4.74 Å². The molecule has 7 heteroatoms. The van der Waals surface area contributed by atoms with Crippen molar-refractivity contribution in [3.63, 3.8) is 0 Å². The molecule has 0 aliphatic carbocycles. The number of furan rings is 1. The summed E-state index contributed by atoms with van der Waals surface area (Å²) in [7, 11) is 1.62. The Balaban J connectivity index is 1.32. The Morgan fingerprint density at radius 2 is 1.71 bits per heavy atom. The number of piperidine rings is 1. The van der Waals surface area contributed by atoms with E-state index in [0.29, 0.717) is 25.9 Å². The van der Waals surface area contributed by atoms with Crippen molar-refractivity contribution in [3.8, 4) is 5.75 Å². The number of ether oxygens (including phenoxy) is 1. The highest BCUT2D eigenvalue weighted by Crippen LogP contribution is 2.39. The molecular formula is C28H33N3O4. The fraction of sp³-hybridized carbons (Fsp3) is 0.429. The third-order valence-electron chi connectivity index (χ3n) is 7.21. The largest absolute Gasteiger partial charge is 0.497 e. The van der Waals surface area contributed by atoms with Crippen LogP contribution in [0.15, 0.2) is 59.0 Å². The number of hydrogen-bond acceptors (Lipinski definition) is 5. The molecule has 7 nitrogen and oxygen atoms in total. The molecule has 184 valence electrons. The number of nitrogens with zero attached hydrogens (tertiary/aromatic N) is 3. The SMILES string of the molecule is COc1ccc(CN2C(=O)N(CC(C)C)C3(CCN(Cc4cc5ccccc5o4)CC3)C2=O)cc1. The first-order chi connectivity index (χ1) is 16.9. The van der Waals surface area contributed by atoms with Gasteiger partial charge in [-0.05, 0) is 48.6 Å². The van der Waals surface area contributed by atoms with E-state index < -0.39 is 5.54 Å². The van der Waals surface area contributed by atoms with Crippen LogP contribution in [-0.4, -0.2) is 58.9 Å². The molecule has 0 unspecified atom stereocenters. The van der Waals surface area contributed by atoms with Crippen LogP contribution in [-0.2, 0) is 17.9 Å². The molecule has 0 bridgehead atoms. The number of urea groups is 1. The third-order valence-corrected chi connectivity index (χ3v) is 7.21. The van der Waals surface area contributed by atoms with E-state index in [2.05, 4.69) is 30.9 Å². The summed E-state index contributed by atoms with van der Waals surface area (Å²) in [6, 6.07) is 17.5. The number of fused-ring (bicyclic) bond motifs is 1. The lowest BCUT2D eigenvalue weighted by Crippen LogP contribution is -2.57. The molecule has 0 radical (unpaired) electrons. The maximum Gasteiger partial charge on any atom is 0.327 e. The summed E-state index contributed by atoms with van der Waals surface area (Å²) in [5.41, 5.74) is 1.04. The number of para-hydroxylation sites is 1. The lowest BCUT2D eigenvalue weighted by Gasteiger charge is -2.42. The third kappa shape index (κ3) is 4.41. The topological polar surface area (TPSA) is 66.2 Å². The minimum Gasteiger partial charge on any atom is -0.497 e. The van der Waals surface area contributed by atoms with Crippen molar-refractivity contribution in [2.24, 2.45) is 5.92 Å². The smallest absolute Gasteiger partial charge is 0.327 e. The minimum atomic E-state index is -0.766. The number of benzene rings is 2. The van der Waals surface area contributed by atoms with Crippen LogP contribution in [0.1, 0.15) is 38.0 Å². The summed E-state index contributed by atoms with van der Waals surface area (Å²) in [4.78, 5) is 32.9. The van der Waals surface area contributed by atoms with Crippen molar-refractivity contribution < 1.29 is 18.7 Å². The molecule has 0 atom stereocenters. The van der Waals surface area contributed by atoms with Crippen LogP contribution in [0.25, 0.3) is 11.0 Å². The molecular weight excluding hydrogens is 442 g/mol. The molecule has 0 saturated carbocycles. The highest BCUT2D eigenvalue weighted by atomic mass is 16.5. The zero-order valence-electron chi connectivity index (χ0n) is 20.7. The van der Waals surface area contributed by atoms with Crippen molar-refractivity contribution in [3.05, 3.63) is 65.9 Å². The Morgan fingerprint density at radius 1 is 1.00 bits per heavy atom. The van der Waals surface area contributed by atoms with Gasteiger partial charge in [-0.25, -0.2) is 4.79 Å². The summed E-state index contributed by atoms with van der Waals surface area (Å²) < 4.78 is 11.2. The predicted octanol–water partition coefficient (Wildman–Crippen LogP) is 4.90. The van der Waals surface area contributed by atoms with Crippen LogP contribution >= 0.6 is 0 Å². The molecule has 3 amide bonds. The van der Waals surface area contributed by atoms with Gasteiger partial charge in [-0.3, -0.25) is 14.6 Å². The van der Waals surface area contributed by atoms with Gasteiger partial charge in [-0.15, -0.1) is 0 Å². The molecule has 2 aliphatic rings. The summed E-state index contributed by atoms with van der Waals surface area (Å²) >= 11 is 0. The van der Waals surface area contributed by atoms with Crippen molar-refractivity contribution >= 4 is 22.9 Å². The summed E-state index contributed by atoms with van der Waals surface area (Å²) in [6.07, 6.45) is 1.26. The fourth-order valence-electron chi connectivity index (χ4n) is 5.35. The van der Waals surface area contributed by atoms with Gasteiger partial charge in [-0.2, -0.15) is 0 Å². The molecule has 1 spiro atoms. The standard InChI is InChI=1S/C28H33N3O4/c1-20(2)17-31-27(33)30(18-21-8-10-23(34-3)11-9-21)26(32)28(31)12-14-29(15-13-28)19-24-16-22-6-4-5-7-25(22)35-24/h4-11,16,20H,12-15,17-19H2,1-3H3. The van der Waals surface area contributed by atoms with Crippen molar-refractivity contribution in [2.75, 3.05) is 26.7 Å². The number of hydrogen-bond donors (Lipinski definition) is 0. The van der Waals surface area contributed by atoms with Gasteiger partial charge in [0.25, 0.3) is 5.91 Å². The van der Waals surface area contributed by atoms with Gasteiger partial charge in [0.2, 0.25) is 0 Å². The first kappa shape index (κ1) is 23.4. The van der Waals surface area contributed by atoms with Gasteiger partial charge in [0.1, 0.15) is 22.6 Å². The zero-order valence-corrected chi connectivity index (χ0v) is 20.7. The Labute approximate surface area is 206 Å². The molecule has 0 N–H and O–H groups in total. The molecule has 3 aromatic rings. The average molecular weight is 476 g/mol. The molecule has 2 fully saturated rings. The zero-order chi connectivity index (χ0) is 24.6. The number of amides is 3. The van der Waals surface area contributed by atoms with E-state index in [1.54, 1.807) is 7.11 Å². The first-order valence-corrected chi connectivity index (χ1v) is 12.4. The number of carbonyl (C=O) groups excluding carboxylic acids is 2. The lowest BCUT2D eigenvalue weighted by molar-refractivity contribution is -0.136. The van der Waals surface area contributed by atoms with Crippen molar-refractivity contribution in [1.29, 1.82) is 0 Å². The van der Waals surface area contributed by atoms with E-state index in [-0.39, 0.29) is 24.4 Å². The van der Waals surface area contributed by atoms with Crippen LogP contribution in [0, 0.1) is 5.92 Å². The quantitative estimate of drug-likeness (QED) is 0.455. The number of imide groups is 1. The summed E-state index contributed by atoms with van der Waals surface area (Å²) in [5.74, 6) is 1.89. The van der Waals surface area contributed by atoms with Crippen LogP contribution in [0.3, 0.4) is 0 Å². The van der Waals surface area contributed by atoms with Gasteiger partial charge in [0, 0.05) is 25.0 Å². The highest BCUT2D eigenvalue weighted by molar-refractivity contribution is 6.07. The molecule has 3 heterocycles. The minimum absolute atomic E-state index is 0.0673. The van der Waals surface area contributed by atoms with Crippen molar-refractivity contribution in [2.45, 2.75) is 45.3 Å². The fourth-order valence-corrected chi connectivity index (χ4v) is 5.35. The first-order valence-electron chi connectivity index (χ1n) is 12.4. The number of methoxy groups -OCH3 is 1. The lowest BCUT2D eigenvalue weighted by atomic mass is 9.85. The van der Waals surface area contributed by atoms with Crippen molar-refractivity contribution in [1.82, 2.24) is 14.7 Å². The van der Waals surface area contributed by atoms with Gasteiger partial charge in [0.15, 0.2) is 0 Å². The normalized spacial score (nSPS) is 18.4. The van der Waals surface area contributed by atoms with E-state index in [1.807, 2.05) is 47.4 Å². The predicted molar refractivity (Wildman–Crippen MR) is 134 cm³/mol. The van der Waals surface area contributed by atoms with E-state index in [1.165, 1.54) is 4.90 Å². The van der Waals surface area contributed by atoms with E-state index in [9.17, 15) is 9.59 Å². The Morgan fingerprint density at radius 3 is 2.37 bits per heavy atom. The van der Waals surface area contributed by atoms with E-state index in [0.717, 1.165) is 41.1 Å². The Bertz CT molecular complexity index is 1180. The molecule has 2 aliphatic heterocycles. The second-order valence-corrected chi connectivity index (χ2v) is 10.1. The number of carbonyl (C=O) groups is 2. The van der Waals surface area contributed by atoms with E-state index in [4.69, 9.17) is 9.15 Å². The Kier molecular flexibility index (Phi) is 6.28. The Hall–Kier alpha value is -3.32. The second kappa shape index (κ2) is 9.38. The number of rotatable bonds is 7. The summed E-state index contributed by atoms with van der Waals surface area (Å²) in [6.45, 7) is 7.21.